The number of hydrogen-bond acceptors (Lipinski definition) is 7. The highest BCUT2D eigenvalue weighted by atomic mass is 16.5. The molecule has 2 aliphatic rings. The van der Waals surface area contributed by atoms with Gasteiger partial charge in [-0.2, -0.15) is 5.10 Å². The molecule has 0 N–H and O–H groups in total. The third kappa shape index (κ3) is 4.55. The Morgan fingerprint density at radius 1 is 1.09 bits per heavy atom. The van der Waals surface area contributed by atoms with Gasteiger partial charge in [0.2, 0.25) is 5.91 Å². The van der Waals surface area contributed by atoms with Crippen LogP contribution < -0.4 is 0 Å². The predicted octanol–water partition coefficient (Wildman–Crippen LogP) is 2.49. The lowest BCUT2D eigenvalue weighted by Crippen LogP contribution is -2.46. The van der Waals surface area contributed by atoms with Crippen LogP contribution in [0.1, 0.15) is 24.0 Å². The number of amides is 2. The molecule has 0 radical (unpaired) electrons. The molecule has 33 heavy (non-hydrogen) atoms. The van der Waals surface area contributed by atoms with Gasteiger partial charge in [0.25, 0.3) is 5.91 Å². The second-order valence-electron chi connectivity index (χ2n) is 8.33. The topological polar surface area (TPSA) is 91.7 Å². The Kier molecular flexibility index (Phi) is 5.97. The number of ether oxygens (including phenoxy) is 1. The maximum absolute atomic E-state index is 13.2. The van der Waals surface area contributed by atoms with E-state index in [-0.39, 0.29) is 30.9 Å². The average Bonchev–Trinajstić information content (AvgIpc) is 3.58. The van der Waals surface area contributed by atoms with Gasteiger partial charge in [-0.05, 0) is 31.3 Å². The summed E-state index contributed by atoms with van der Waals surface area (Å²) < 4.78 is 16.9. The van der Waals surface area contributed by atoms with Crippen LogP contribution in [0.3, 0.4) is 0 Å². The number of hydrogen-bond donors (Lipinski definition) is 0. The standard InChI is InChI=1S/C24H26N4O5/c1-26(15-23(29)27-8-11-31-12-9-27)16-24(30)28-19(21-7-4-10-32-21)14-18(25-28)22-13-17-5-2-3-6-20(17)33-22/h2-7,10,13,19H,8-9,11-12,14-16H2,1H3/t19-/m0/s1. The second-order valence-corrected chi connectivity index (χ2v) is 8.33. The van der Waals surface area contributed by atoms with E-state index in [9.17, 15) is 9.59 Å². The van der Waals surface area contributed by atoms with E-state index in [1.54, 1.807) is 29.2 Å². The van der Waals surface area contributed by atoms with E-state index in [4.69, 9.17) is 13.6 Å². The van der Waals surface area contributed by atoms with Crippen LogP contribution in [0.25, 0.3) is 11.0 Å². The Morgan fingerprint density at radius 2 is 1.88 bits per heavy atom. The lowest BCUT2D eigenvalue weighted by molar-refractivity contribution is -0.138. The number of carbonyl (C=O) groups is 2. The summed E-state index contributed by atoms with van der Waals surface area (Å²) in [7, 11) is 1.76. The normalized spacial score (nSPS) is 18.8. The molecule has 3 aromatic rings. The molecule has 9 heteroatoms. The Morgan fingerprint density at radius 3 is 2.64 bits per heavy atom. The number of likely N-dealkylation sites (N-methyl/N-ethyl adjacent to an activating group) is 1. The molecule has 0 saturated carbocycles. The first-order valence-electron chi connectivity index (χ1n) is 11.0. The minimum Gasteiger partial charge on any atom is -0.467 e. The van der Waals surface area contributed by atoms with Gasteiger partial charge in [0, 0.05) is 24.9 Å². The Bertz CT molecular complexity index is 1130. The van der Waals surface area contributed by atoms with Crippen LogP contribution in [-0.2, 0) is 14.3 Å². The van der Waals surface area contributed by atoms with Crippen molar-refractivity contribution in [1.82, 2.24) is 14.8 Å². The average molecular weight is 450 g/mol. The number of fused-ring (bicyclic) bond motifs is 1. The zero-order valence-electron chi connectivity index (χ0n) is 18.5. The summed E-state index contributed by atoms with van der Waals surface area (Å²) in [5.41, 5.74) is 1.46. The van der Waals surface area contributed by atoms with Gasteiger partial charge >= 0.3 is 0 Å². The van der Waals surface area contributed by atoms with Crippen molar-refractivity contribution in [1.29, 1.82) is 0 Å². The lowest BCUT2D eigenvalue weighted by atomic mass is 10.1. The van der Waals surface area contributed by atoms with Crippen LogP contribution >= 0.6 is 0 Å². The van der Waals surface area contributed by atoms with Gasteiger partial charge in [0.15, 0.2) is 5.76 Å². The van der Waals surface area contributed by atoms with Crippen LogP contribution in [0, 0.1) is 0 Å². The van der Waals surface area contributed by atoms with Gasteiger partial charge in [-0.1, -0.05) is 18.2 Å². The summed E-state index contributed by atoms with van der Waals surface area (Å²) in [6, 6.07) is 13.0. The number of morpholine rings is 1. The highest BCUT2D eigenvalue weighted by Gasteiger charge is 2.36. The molecule has 1 atom stereocenters. The molecule has 2 amide bonds. The SMILES string of the molecule is CN(CC(=O)N1CCOCC1)CC(=O)N1N=C(c2cc3ccccc3o2)C[C@H]1c1ccco1. The highest BCUT2D eigenvalue weighted by molar-refractivity contribution is 6.03. The van der Waals surface area contributed by atoms with Crippen molar-refractivity contribution >= 4 is 28.5 Å². The van der Waals surface area contributed by atoms with Crippen molar-refractivity contribution in [2.24, 2.45) is 5.10 Å². The molecule has 0 spiro atoms. The first kappa shape index (κ1) is 21.4. The lowest BCUT2D eigenvalue weighted by Gasteiger charge is -2.29. The zero-order valence-corrected chi connectivity index (χ0v) is 18.5. The van der Waals surface area contributed by atoms with Crippen molar-refractivity contribution in [2.75, 3.05) is 46.4 Å². The number of benzene rings is 1. The van der Waals surface area contributed by atoms with Crippen LogP contribution in [0.5, 0.6) is 0 Å². The fraction of sp³-hybridized carbons (Fsp3) is 0.375. The van der Waals surface area contributed by atoms with Crippen LogP contribution in [-0.4, -0.2) is 78.8 Å². The van der Waals surface area contributed by atoms with Crippen molar-refractivity contribution in [2.45, 2.75) is 12.5 Å². The van der Waals surface area contributed by atoms with Gasteiger partial charge in [-0.3, -0.25) is 14.5 Å². The summed E-state index contributed by atoms with van der Waals surface area (Å²) in [5, 5.41) is 7.06. The van der Waals surface area contributed by atoms with E-state index in [0.29, 0.717) is 50.0 Å². The van der Waals surface area contributed by atoms with E-state index < -0.39 is 0 Å². The zero-order chi connectivity index (χ0) is 22.8. The fourth-order valence-electron chi connectivity index (χ4n) is 4.22. The predicted molar refractivity (Wildman–Crippen MR) is 121 cm³/mol. The van der Waals surface area contributed by atoms with E-state index >= 15 is 0 Å². The van der Waals surface area contributed by atoms with Gasteiger partial charge in [0.1, 0.15) is 23.1 Å². The minimum atomic E-state index is -0.362. The number of para-hydroxylation sites is 1. The summed E-state index contributed by atoms with van der Waals surface area (Å²) >= 11 is 0. The van der Waals surface area contributed by atoms with Crippen LogP contribution in [0.4, 0.5) is 0 Å². The number of carbonyl (C=O) groups excluding carboxylic acids is 2. The first-order chi connectivity index (χ1) is 16.1. The highest BCUT2D eigenvalue weighted by Crippen LogP contribution is 2.34. The Balaban J connectivity index is 1.32. The van der Waals surface area contributed by atoms with Gasteiger partial charge < -0.3 is 18.5 Å². The first-order valence-corrected chi connectivity index (χ1v) is 11.0. The molecule has 0 aliphatic carbocycles. The molecule has 9 nitrogen and oxygen atoms in total. The van der Waals surface area contributed by atoms with Crippen molar-refractivity contribution in [3.05, 3.63) is 60.2 Å². The Labute approximate surface area is 191 Å². The fourth-order valence-corrected chi connectivity index (χ4v) is 4.22. The molecule has 1 fully saturated rings. The second kappa shape index (κ2) is 9.21. The molecule has 172 valence electrons. The van der Waals surface area contributed by atoms with Crippen molar-refractivity contribution in [3.8, 4) is 0 Å². The maximum Gasteiger partial charge on any atom is 0.257 e. The molecule has 4 heterocycles. The van der Waals surface area contributed by atoms with Gasteiger partial charge in [0.05, 0.1) is 32.6 Å². The Hall–Kier alpha value is -3.43. The molecule has 5 rings (SSSR count). The van der Waals surface area contributed by atoms with E-state index in [2.05, 4.69) is 5.10 Å². The third-order valence-electron chi connectivity index (χ3n) is 5.92. The summed E-state index contributed by atoms with van der Waals surface area (Å²) in [6.07, 6.45) is 2.07. The maximum atomic E-state index is 13.2. The van der Waals surface area contributed by atoms with Crippen LogP contribution in [0.15, 0.2) is 62.7 Å². The van der Waals surface area contributed by atoms with Crippen LogP contribution in [0.2, 0.25) is 0 Å². The molecule has 2 aliphatic heterocycles. The monoisotopic (exact) mass is 450 g/mol. The number of nitrogens with zero attached hydrogens (tertiary/aromatic N) is 4. The van der Waals surface area contributed by atoms with E-state index in [0.717, 1.165) is 11.0 Å². The van der Waals surface area contributed by atoms with Crippen molar-refractivity contribution in [3.63, 3.8) is 0 Å². The smallest absolute Gasteiger partial charge is 0.257 e. The summed E-state index contributed by atoms with van der Waals surface area (Å²) in [4.78, 5) is 29.2. The van der Waals surface area contributed by atoms with E-state index in [1.165, 1.54) is 5.01 Å². The largest absolute Gasteiger partial charge is 0.467 e. The number of furan rings is 2. The quantitative estimate of drug-likeness (QED) is 0.573. The molecule has 0 unspecified atom stereocenters. The number of rotatable bonds is 6. The minimum absolute atomic E-state index is 0.0101. The van der Waals surface area contributed by atoms with Gasteiger partial charge in [-0.25, -0.2) is 5.01 Å². The molecule has 2 aromatic heterocycles. The number of hydrazone groups is 1. The molecular formula is C24H26N4O5. The molecule has 0 bridgehead atoms. The third-order valence-corrected chi connectivity index (χ3v) is 5.92. The van der Waals surface area contributed by atoms with Crippen molar-refractivity contribution < 1.29 is 23.2 Å². The molecule has 1 aromatic carbocycles. The van der Waals surface area contributed by atoms with Gasteiger partial charge in [-0.15, -0.1) is 0 Å². The molecular weight excluding hydrogens is 424 g/mol. The molecule has 1 saturated heterocycles. The van der Waals surface area contributed by atoms with E-state index in [1.807, 2.05) is 36.4 Å². The summed E-state index contributed by atoms with van der Waals surface area (Å²) in [6.45, 7) is 2.48. The summed E-state index contributed by atoms with van der Waals surface area (Å²) in [5.74, 6) is 1.08.